The highest BCUT2D eigenvalue weighted by Gasteiger charge is 1.79. The fourth-order valence-corrected chi connectivity index (χ4v) is 0.270. The maximum atomic E-state index is 8.31. The van der Waals surface area contributed by atoms with Crippen LogP contribution in [0, 0.1) is 0 Å². The number of hydrogen-bond donors (Lipinski definition) is 1. The molecule has 3 heteroatoms. The molecule has 0 bridgehead atoms. The summed E-state index contributed by atoms with van der Waals surface area (Å²) in [6, 6.07) is 3.09. The Hall–Kier alpha value is -0.630. The fourth-order valence-electron chi connectivity index (χ4n) is 0.270. The number of aromatic hydroxyl groups is 1. The first-order valence-corrected chi connectivity index (χ1v) is 2.75. The molecular formula is C5H7ClO2. The van der Waals surface area contributed by atoms with Gasteiger partial charge < -0.3 is 9.52 Å². The smallest absolute Gasteiger partial charge is 0.281 e. The van der Waals surface area contributed by atoms with E-state index in [1.807, 2.05) is 0 Å². The van der Waals surface area contributed by atoms with Crippen molar-refractivity contribution in [1.29, 1.82) is 0 Å². The fraction of sp³-hybridized carbons (Fsp3) is 0.200. The highest BCUT2D eigenvalue weighted by Crippen LogP contribution is 2.04. The zero-order valence-electron chi connectivity index (χ0n) is 4.47. The van der Waals surface area contributed by atoms with Gasteiger partial charge in [0.15, 0.2) is 0 Å². The molecule has 1 N–H and O–H groups in total. The average Bonchev–Trinajstić information content (AvgIpc) is 2.24. The van der Waals surface area contributed by atoms with Crippen molar-refractivity contribution in [3.8, 4) is 5.95 Å². The van der Waals surface area contributed by atoms with E-state index in [0.29, 0.717) is 0 Å². The molecule has 0 fully saturated rings. The average molecular weight is 135 g/mol. The van der Waals surface area contributed by atoms with Crippen molar-refractivity contribution in [2.45, 2.75) is 0 Å². The molecule has 0 saturated heterocycles. The van der Waals surface area contributed by atoms with Gasteiger partial charge in [0.05, 0.1) is 6.26 Å². The normalized spacial score (nSPS) is 7.25. The standard InChI is InChI=1S/C4H4O2.CH3Cl/c5-4-2-1-3-6-4;1-2/h1-3,5H;1H3. The van der Waals surface area contributed by atoms with E-state index >= 15 is 0 Å². The summed E-state index contributed by atoms with van der Waals surface area (Å²) in [7, 11) is 0. The molecule has 1 aromatic heterocycles. The van der Waals surface area contributed by atoms with E-state index < -0.39 is 0 Å². The molecule has 0 aliphatic heterocycles. The van der Waals surface area contributed by atoms with E-state index in [1.165, 1.54) is 18.7 Å². The van der Waals surface area contributed by atoms with E-state index in [0.717, 1.165) is 0 Å². The minimum atomic E-state index is -0.0324. The predicted octanol–water partition coefficient (Wildman–Crippen LogP) is 1.84. The number of halogens is 1. The van der Waals surface area contributed by atoms with Gasteiger partial charge in [0.1, 0.15) is 0 Å². The molecule has 1 heterocycles. The molecule has 0 radical (unpaired) electrons. The van der Waals surface area contributed by atoms with Gasteiger partial charge in [-0.3, -0.25) is 0 Å². The van der Waals surface area contributed by atoms with Crippen molar-refractivity contribution in [3.05, 3.63) is 18.4 Å². The third-order valence-electron chi connectivity index (χ3n) is 0.506. The SMILES string of the molecule is CCl.Oc1ccco1. The van der Waals surface area contributed by atoms with Gasteiger partial charge in [-0.2, -0.15) is 0 Å². The Bertz CT molecular complexity index is 114. The number of alkyl halides is 1. The molecule has 8 heavy (non-hydrogen) atoms. The van der Waals surface area contributed by atoms with Crippen LogP contribution in [0.25, 0.3) is 0 Å². The molecular weight excluding hydrogens is 128 g/mol. The van der Waals surface area contributed by atoms with Crippen LogP contribution in [-0.2, 0) is 0 Å². The maximum absolute atomic E-state index is 8.31. The Labute approximate surface area is 52.7 Å². The van der Waals surface area contributed by atoms with E-state index in [9.17, 15) is 0 Å². The molecule has 2 nitrogen and oxygen atoms in total. The maximum Gasteiger partial charge on any atom is 0.281 e. The predicted molar refractivity (Wildman–Crippen MR) is 32.1 cm³/mol. The second kappa shape index (κ2) is 4.53. The number of furan rings is 1. The lowest BCUT2D eigenvalue weighted by Gasteiger charge is -1.69. The summed E-state index contributed by atoms with van der Waals surface area (Å²) in [6.45, 7) is 0. The molecule has 0 aromatic carbocycles. The first-order valence-electron chi connectivity index (χ1n) is 2.00. The molecule has 0 aliphatic carbocycles. The van der Waals surface area contributed by atoms with E-state index in [-0.39, 0.29) is 5.95 Å². The largest absolute Gasteiger partial charge is 0.481 e. The van der Waals surface area contributed by atoms with E-state index in [4.69, 9.17) is 5.11 Å². The Morgan fingerprint density at radius 1 is 1.62 bits per heavy atom. The third kappa shape index (κ3) is 2.53. The summed E-state index contributed by atoms with van der Waals surface area (Å²) in [5.41, 5.74) is 0. The number of hydrogen-bond acceptors (Lipinski definition) is 2. The lowest BCUT2D eigenvalue weighted by Crippen LogP contribution is -1.40. The summed E-state index contributed by atoms with van der Waals surface area (Å²) in [6.07, 6.45) is 2.88. The second-order valence-electron chi connectivity index (χ2n) is 0.951. The van der Waals surface area contributed by atoms with Gasteiger partial charge in [0, 0.05) is 12.4 Å². The van der Waals surface area contributed by atoms with Gasteiger partial charge in [0.2, 0.25) is 0 Å². The Kier molecular flexibility index (Phi) is 4.17. The highest BCUT2D eigenvalue weighted by atomic mass is 35.5. The van der Waals surface area contributed by atoms with Crippen LogP contribution in [0.5, 0.6) is 5.95 Å². The summed E-state index contributed by atoms with van der Waals surface area (Å²) >= 11 is 4.64. The Morgan fingerprint density at radius 3 is 2.38 bits per heavy atom. The van der Waals surface area contributed by atoms with E-state index in [1.54, 1.807) is 6.07 Å². The molecule has 0 amide bonds. The van der Waals surface area contributed by atoms with Crippen molar-refractivity contribution in [3.63, 3.8) is 0 Å². The van der Waals surface area contributed by atoms with Crippen LogP contribution < -0.4 is 0 Å². The summed E-state index contributed by atoms with van der Waals surface area (Å²) in [5.74, 6) is -0.0324. The van der Waals surface area contributed by atoms with Crippen LogP contribution in [0.2, 0.25) is 0 Å². The van der Waals surface area contributed by atoms with Gasteiger partial charge in [-0.25, -0.2) is 0 Å². The van der Waals surface area contributed by atoms with Crippen molar-refractivity contribution < 1.29 is 9.52 Å². The lowest BCUT2D eigenvalue weighted by atomic mass is 10.7. The van der Waals surface area contributed by atoms with Crippen molar-refractivity contribution >= 4 is 11.6 Å². The molecule has 1 rings (SSSR count). The van der Waals surface area contributed by atoms with Crippen LogP contribution in [0.4, 0.5) is 0 Å². The van der Waals surface area contributed by atoms with Crippen LogP contribution in [0.3, 0.4) is 0 Å². The quantitative estimate of drug-likeness (QED) is 0.550. The number of rotatable bonds is 0. The monoisotopic (exact) mass is 134 g/mol. The summed E-state index contributed by atoms with van der Waals surface area (Å²) in [4.78, 5) is 0. The molecule has 46 valence electrons. The molecule has 0 spiro atoms. The van der Waals surface area contributed by atoms with Crippen molar-refractivity contribution in [2.24, 2.45) is 0 Å². The van der Waals surface area contributed by atoms with Gasteiger partial charge in [0.25, 0.3) is 5.95 Å². The van der Waals surface area contributed by atoms with Gasteiger partial charge in [-0.05, 0) is 6.07 Å². The van der Waals surface area contributed by atoms with Gasteiger partial charge in [-0.15, -0.1) is 11.6 Å². The zero-order valence-corrected chi connectivity index (χ0v) is 5.22. The minimum absolute atomic E-state index is 0.0324. The molecule has 0 saturated carbocycles. The summed E-state index contributed by atoms with van der Waals surface area (Å²) < 4.78 is 4.39. The summed E-state index contributed by atoms with van der Waals surface area (Å²) in [5, 5.41) is 8.31. The highest BCUT2D eigenvalue weighted by molar-refractivity contribution is 6.15. The zero-order chi connectivity index (χ0) is 6.41. The van der Waals surface area contributed by atoms with Crippen LogP contribution in [-0.4, -0.2) is 11.5 Å². The first-order chi connectivity index (χ1) is 3.89. The minimum Gasteiger partial charge on any atom is -0.481 e. The van der Waals surface area contributed by atoms with Crippen LogP contribution in [0.1, 0.15) is 0 Å². The van der Waals surface area contributed by atoms with Crippen molar-refractivity contribution in [1.82, 2.24) is 0 Å². The Morgan fingerprint density at radius 2 is 2.25 bits per heavy atom. The van der Waals surface area contributed by atoms with Gasteiger partial charge >= 0.3 is 0 Å². The third-order valence-corrected chi connectivity index (χ3v) is 0.506. The topological polar surface area (TPSA) is 33.4 Å². The van der Waals surface area contributed by atoms with Gasteiger partial charge in [-0.1, -0.05) is 0 Å². The van der Waals surface area contributed by atoms with Crippen LogP contribution in [0.15, 0.2) is 22.8 Å². The second-order valence-corrected chi connectivity index (χ2v) is 0.951. The lowest BCUT2D eigenvalue weighted by molar-refractivity contribution is 0.332. The first kappa shape index (κ1) is 7.37. The molecule has 0 aliphatic rings. The molecule has 0 atom stereocenters. The molecule has 0 unspecified atom stereocenters. The van der Waals surface area contributed by atoms with Crippen LogP contribution >= 0.6 is 11.6 Å². The van der Waals surface area contributed by atoms with Crippen molar-refractivity contribution in [2.75, 3.05) is 6.38 Å². The molecule has 1 aromatic rings. The van der Waals surface area contributed by atoms with E-state index in [2.05, 4.69) is 16.0 Å². The Balaban J connectivity index is 0.000000222.